The molecule has 0 saturated carbocycles. The Morgan fingerprint density at radius 3 is 2.81 bits per heavy atom. The molecule has 11 heteroatoms. The molecule has 1 aromatic heterocycles. The lowest BCUT2D eigenvalue weighted by atomic mass is 10.1. The maximum Gasteiger partial charge on any atom is 0.409 e. The number of carbonyl (C=O) groups is 1. The van der Waals surface area contributed by atoms with E-state index in [0.29, 0.717) is 44.7 Å². The number of nitrogens with one attached hydrogen (secondary N) is 2. The van der Waals surface area contributed by atoms with Crippen molar-refractivity contribution in [2.75, 3.05) is 61.9 Å². The van der Waals surface area contributed by atoms with E-state index in [4.69, 9.17) is 4.74 Å². The molecule has 5 rings (SSSR count). The van der Waals surface area contributed by atoms with Gasteiger partial charge in [0.15, 0.2) is 0 Å². The second-order valence-electron chi connectivity index (χ2n) is 9.99. The smallest absolute Gasteiger partial charge is 0.409 e. The molecule has 2 atom stereocenters. The number of carbonyl (C=O) groups excluding carboxylic acids is 1. The molecule has 2 N–H and O–H groups in total. The molecular weight excluding hydrogens is 480 g/mol. The van der Waals surface area contributed by atoms with Crippen LogP contribution in [0.5, 0.6) is 0 Å². The number of ether oxygens (including phenoxy) is 1. The van der Waals surface area contributed by atoms with Gasteiger partial charge in [0.1, 0.15) is 5.82 Å². The fraction of sp³-hybridized carbons (Fsp3) is 0.577. The zero-order valence-electron chi connectivity index (χ0n) is 21.4. The molecule has 1 aromatic carbocycles. The van der Waals surface area contributed by atoms with Crippen molar-refractivity contribution in [3.05, 3.63) is 35.5 Å². The Balaban J connectivity index is 1.25. The lowest BCUT2D eigenvalue weighted by Crippen LogP contribution is -2.44. The Hall–Kier alpha value is -3.21. The number of rotatable bonds is 10. The third kappa shape index (κ3) is 5.56. The van der Waals surface area contributed by atoms with Gasteiger partial charge in [-0.05, 0) is 56.5 Å². The molecule has 2 bridgehead atoms. The number of halogens is 2. The van der Waals surface area contributed by atoms with E-state index in [0.717, 1.165) is 37.2 Å². The summed E-state index contributed by atoms with van der Waals surface area (Å²) >= 11 is 0. The lowest BCUT2D eigenvalue weighted by molar-refractivity contribution is 0.0729. The zero-order chi connectivity index (χ0) is 25.9. The topological polar surface area (TPSA) is 85.9 Å². The Bertz CT molecular complexity index is 1120. The zero-order valence-corrected chi connectivity index (χ0v) is 21.4. The molecule has 0 radical (unpaired) electrons. The number of piperazine rings is 1. The number of cyclic esters (lactones) is 1. The molecule has 37 heavy (non-hydrogen) atoms. The highest BCUT2D eigenvalue weighted by molar-refractivity contribution is 5.68. The first-order chi connectivity index (χ1) is 17.9. The van der Waals surface area contributed by atoms with Gasteiger partial charge in [0, 0.05) is 62.4 Å². The molecule has 2 aromatic rings. The standard InChI is InChI=1S/C26H35F2N7O2/c1-3-17-12-18(35-16-19-13-20(35)15-33(19)2)6-7-22(17)31-25-30-14-21(23(27)28)24(32-25)29-8-4-9-34-10-5-11-37-26(34)36/h6-7,12,14,19-20,23H,3-5,8-11,13,15-16H2,1-2H3,(H2,29,30,31,32)/t19-,20-/m1/s1. The van der Waals surface area contributed by atoms with Gasteiger partial charge in [-0.1, -0.05) is 6.92 Å². The molecule has 3 aliphatic rings. The summed E-state index contributed by atoms with van der Waals surface area (Å²) in [6, 6.07) is 7.52. The van der Waals surface area contributed by atoms with E-state index in [1.54, 1.807) is 4.90 Å². The molecule has 4 heterocycles. The second kappa shape index (κ2) is 11.0. The Morgan fingerprint density at radius 1 is 1.24 bits per heavy atom. The third-order valence-corrected chi connectivity index (χ3v) is 7.57. The molecule has 9 nitrogen and oxygen atoms in total. The SMILES string of the molecule is CCc1cc(N2C[C@H]3C[C@@H]2CN3C)ccc1Nc1ncc(C(F)F)c(NCCCN2CCCOC2=O)n1. The summed E-state index contributed by atoms with van der Waals surface area (Å²) in [5, 5.41) is 6.24. The van der Waals surface area contributed by atoms with Crippen molar-refractivity contribution in [2.24, 2.45) is 0 Å². The van der Waals surface area contributed by atoms with E-state index >= 15 is 0 Å². The number of aryl methyl sites for hydroxylation is 1. The second-order valence-corrected chi connectivity index (χ2v) is 9.99. The van der Waals surface area contributed by atoms with Gasteiger partial charge in [-0.25, -0.2) is 18.6 Å². The van der Waals surface area contributed by atoms with Crippen molar-refractivity contribution in [3.63, 3.8) is 0 Å². The van der Waals surface area contributed by atoms with Crippen LogP contribution in [0.1, 0.15) is 43.7 Å². The van der Waals surface area contributed by atoms with Gasteiger partial charge in [0.05, 0.1) is 12.2 Å². The molecule has 0 spiro atoms. The van der Waals surface area contributed by atoms with Gasteiger partial charge in [-0.3, -0.25) is 4.90 Å². The van der Waals surface area contributed by atoms with E-state index in [1.165, 1.54) is 18.3 Å². The van der Waals surface area contributed by atoms with E-state index in [-0.39, 0.29) is 23.4 Å². The number of amides is 1. The van der Waals surface area contributed by atoms with Crippen molar-refractivity contribution >= 4 is 29.2 Å². The van der Waals surface area contributed by atoms with E-state index < -0.39 is 6.43 Å². The monoisotopic (exact) mass is 515 g/mol. The summed E-state index contributed by atoms with van der Waals surface area (Å²) in [4.78, 5) is 26.9. The van der Waals surface area contributed by atoms with Gasteiger partial charge in [-0.15, -0.1) is 0 Å². The molecule has 0 aliphatic carbocycles. The number of hydrogen-bond acceptors (Lipinski definition) is 8. The highest BCUT2D eigenvalue weighted by Gasteiger charge is 2.41. The van der Waals surface area contributed by atoms with Gasteiger partial charge >= 0.3 is 6.09 Å². The highest BCUT2D eigenvalue weighted by atomic mass is 19.3. The minimum absolute atomic E-state index is 0.0978. The first-order valence-electron chi connectivity index (χ1n) is 13.1. The van der Waals surface area contributed by atoms with E-state index in [1.807, 2.05) is 6.07 Å². The maximum absolute atomic E-state index is 13.6. The van der Waals surface area contributed by atoms with Crippen molar-refractivity contribution in [3.8, 4) is 0 Å². The average molecular weight is 516 g/mol. The number of anilines is 4. The molecule has 3 fully saturated rings. The van der Waals surface area contributed by atoms with Gasteiger partial charge in [0.25, 0.3) is 6.43 Å². The fourth-order valence-electron chi connectivity index (χ4n) is 5.51. The Labute approximate surface area is 216 Å². The number of benzene rings is 1. The number of hydrogen-bond donors (Lipinski definition) is 2. The van der Waals surface area contributed by atoms with Gasteiger partial charge < -0.3 is 25.2 Å². The van der Waals surface area contributed by atoms with Crippen LogP contribution in [0.3, 0.4) is 0 Å². The average Bonchev–Trinajstić information content (AvgIpc) is 3.47. The van der Waals surface area contributed by atoms with Crippen LogP contribution in [0.15, 0.2) is 24.4 Å². The largest absolute Gasteiger partial charge is 0.449 e. The van der Waals surface area contributed by atoms with Crippen LogP contribution >= 0.6 is 0 Å². The number of fused-ring (bicyclic) bond motifs is 2. The predicted octanol–water partition coefficient (Wildman–Crippen LogP) is 4.26. The lowest BCUT2D eigenvalue weighted by Gasteiger charge is -2.34. The van der Waals surface area contributed by atoms with E-state index in [9.17, 15) is 13.6 Å². The number of likely N-dealkylation sites (N-methyl/N-ethyl adjacent to an activating group) is 1. The number of likely N-dealkylation sites (tertiary alicyclic amines) is 1. The van der Waals surface area contributed by atoms with Crippen LogP contribution in [-0.4, -0.2) is 84.3 Å². The minimum Gasteiger partial charge on any atom is -0.449 e. The van der Waals surface area contributed by atoms with Crippen molar-refractivity contribution in [2.45, 2.75) is 51.1 Å². The Morgan fingerprint density at radius 2 is 2.11 bits per heavy atom. The molecule has 1 amide bonds. The summed E-state index contributed by atoms with van der Waals surface area (Å²) < 4.78 is 32.3. The number of aromatic nitrogens is 2. The summed E-state index contributed by atoms with van der Waals surface area (Å²) in [5.74, 6) is 0.358. The van der Waals surface area contributed by atoms with Crippen LogP contribution < -0.4 is 15.5 Å². The highest BCUT2D eigenvalue weighted by Crippen LogP contribution is 2.36. The summed E-state index contributed by atoms with van der Waals surface area (Å²) in [6.45, 7) is 6.21. The molecule has 3 saturated heterocycles. The summed E-state index contributed by atoms with van der Waals surface area (Å²) in [6.07, 6.45) is 1.55. The molecule has 3 aliphatic heterocycles. The maximum atomic E-state index is 13.6. The number of alkyl halides is 2. The fourth-order valence-corrected chi connectivity index (χ4v) is 5.51. The molecule has 200 valence electrons. The first kappa shape index (κ1) is 25.4. The van der Waals surface area contributed by atoms with Crippen molar-refractivity contribution in [1.82, 2.24) is 19.8 Å². The normalized spacial score (nSPS) is 21.6. The Kier molecular flexibility index (Phi) is 7.59. The van der Waals surface area contributed by atoms with Crippen LogP contribution in [0.25, 0.3) is 0 Å². The number of nitrogens with zero attached hydrogens (tertiary/aromatic N) is 5. The van der Waals surface area contributed by atoms with Crippen molar-refractivity contribution < 1.29 is 18.3 Å². The quantitative estimate of drug-likeness (QED) is 0.454. The van der Waals surface area contributed by atoms with Gasteiger partial charge in [0.2, 0.25) is 5.95 Å². The molecule has 0 unspecified atom stereocenters. The molecular formula is C26H35F2N7O2. The van der Waals surface area contributed by atoms with Crippen LogP contribution in [0.4, 0.5) is 36.7 Å². The minimum atomic E-state index is -2.70. The van der Waals surface area contributed by atoms with Gasteiger partial charge in [-0.2, -0.15) is 4.98 Å². The van der Waals surface area contributed by atoms with Crippen LogP contribution in [-0.2, 0) is 11.2 Å². The summed E-state index contributed by atoms with van der Waals surface area (Å²) in [5.41, 5.74) is 2.96. The third-order valence-electron chi connectivity index (χ3n) is 7.57. The first-order valence-corrected chi connectivity index (χ1v) is 13.1. The van der Waals surface area contributed by atoms with Crippen molar-refractivity contribution in [1.29, 1.82) is 0 Å². The summed E-state index contributed by atoms with van der Waals surface area (Å²) in [7, 11) is 2.19. The van der Waals surface area contributed by atoms with Crippen LogP contribution in [0, 0.1) is 0 Å². The van der Waals surface area contributed by atoms with Crippen LogP contribution in [0.2, 0.25) is 0 Å². The van der Waals surface area contributed by atoms with E-state index in [2.05, 4.69) is 56.5 Å². The predicted molar refractivity (Wildman–Crippen MR) is 139 cm³/mol.